The van der Waals surface area contributed by atoms with Crippen LogP contribution in [0.3, 0.4) is 0 Å². The second kappa shape index (κ2) is 14.6. The van der Waals surface area contributed by atoms with Crippen LogP contribution in [-0.2, 0) is 25.5 Å². The van der Waals surface area contributed by atoms with Gasteiger partial charge in [0, 0.05) is 26.1 Å². The minimum Gasteiger partial charge on any atom is -0.469 e. The Morgan fingerprint density at radius 3 is 2.14 bits per heavy atom. The summed E-state index contributed by atoms with van der Waals surface area (Å²) in [7, 11) is 2.56. The van der Waals surface area contributed by atoms with Crippen molar-refractivity contribution in [2.45, 2.75) is 32.2 Å². The van der Waals surface area contributed by atoms with Crippen LogP contribution in [0.5, 0.6) is 11.5 Å². The van der Waals surface area contributed by atoms with Crippen LogP contribution in [0.4, 0.5) is 4.79 Å². The molecule has 0 unspecified atom stereocenters. The molecule has 9 heteroatoms. The average Bonchev–Trinajstić information content (AvgIpc) is 2.89. The Morgan fingerprint density at radius 2 is 1.57 bits per heavy atom. The molecule has 0 aliphatic rings. The van der Waals surface area contributed by atoms with E-state index in [0.717, 1.165) is 24.2 Å². The number of amides is 2. The van der Waals surface area contributed by atoms with Crippen LogP contribution >= 0.6 is 0 Å². The van der Waals surface area contributed by atoms with Crippen LogP contribution < -0.4 is 15.8 Å². The summed E-state index contributed by atoms with van der Waals surface area (Å²) in [6.07, 6.45) is 1.81. The Bertz CT molecular complexity index is 936. The van der Waals surface area contributed by atoms with E-state index in [-0.39, 0.29) is 19.5 Å². The standard InChI is InChI=1S/C26H35N3O6/c1-4-5-15-29(18-20(17-27)24(30)33-2)26(32)28-23(25(31)34-3)16-19-11-13-22(14-12-19)35-21-9-7-6-8-10-21/h6-14,20,23H,4-5,15-18,27H2,1-3H3,(H,28,32)/t20-,23-/m0/s1. The molecule has 0 aliphatic heterocycles. The van der Waals surface area contributed by atoms with E-state index in [1.54, 1.807) is 12.1 Å². The maximum atomic E-state index is 13.1. The van der Waals surface area contributed by atoms with E-state index < -0.39 is 29.9 Å². The normalized spacial score (nSPS) is 12.2. The number of urea groups is 1. The highest BCUT2D eigenvalue weighted by molar-refractivity contribution is 5.84. The molecule has 0 saturated carbocycles. The molecule has 0 bridgehead atoms. The second-order valence-corrected chi connectivity index (χ2v) is 8.04. The summed E-state index contributed by atoms with van der Waals surface area (Å²) in [6, 6.07) is 15.3. The summed E-state index contributed by atoms with van der Waals surface area (Å²) in [5.74, 6) is -0.336. The van der Waals surface area contributed by atoms with Crippen molar-refractivity contribution in [2.75, 3.05) is 33.9 Å². The highest BCUT2D eigenvalue weighted by Crippen LogP contribution is 2.21. The average molecular weight is 486 g/mol. The number of hydrogen-bond donors (Lipinski definition) is 2. The second-order valence-electron chi connectivity index (χ2n) is 8.04. The van der Waals surface area contributed by atoms with Crippen molar-refractivity contribution < 1.29 is 28.6 Å². The molecule has 9 nitrogen and oxygen atoms in total. The van der Waals surface area contributed by atoms with Gasteiger partial charge in [0.2, 0.25) is 0 Å². The van der Waals surface area contributed by atoms with Gasteiger partial charge in [0.1, 0.15) is 17.5 Å². The van der Waals surface area contributed by atoms with Crippen molar-refractivity contribution in [3.8, 4) is 11.5 Å². The van der Waals surface area contributed by atoms with Crippen molar-refractivity contribution in [1.82, 2.24) is 10.2 Å². The van der Waals surface area contributed by atoms with Crippen LogP contribution in [0.15, 0.2) is 54.6 Å². The van der Waals surface area contributed by atoms with Gasteiger partial charge in [-0.25, -0.2) is 9.59 Å². The van der Waals surface area contributed by atoms with E-state index in [0.29, 0.717) is 12.3 Å². The van der Waals surface area contributed by atoms with Crippen LogP contribution in [-0.4, -0.2) is 62.8 Å². The van der Waals surface area contributed by atoms with Gasteiger partial charge < -0.3 is 30.2 Å². The Morgan fingerprint density at radius 1 is 0.943 bits per heavy atom. The first-order valence-corrected chi connectivity index (χ1v) is 11.6. The van der Waals surface area contributed by atoms with Crippen molar-refractivity contribution in [1.29, 1.82) is 0 Å². The minimum absolute atomic E-state index is 0.0421. The summed E-state index contributed by atoms with van der Waals surface area (Å²) in [6.45, 7) is 2.54. The van der Waals surface area contributed by atoms with Crippen molar-refractivity contribution in [3.05, 3.63) is 60.2 Å². The van der Waals surface area contributed by atoms with Gasteiger partial charge in [0.15, 0.2) is 0 Å². The third-order valence-corrected chi connectivity index (χ3v) is 5.45. The zero-order valence-corrected chi connectivity index (χ0v) is 20.6. The number of ether oxygens (including phenoxy) is 3. The van der Waals surface area contributed by atoms with Crippen LogP contribution in [0.1, 0.15) is 25.3 Å². The molecule has 2 aromatic carbocycles. The number of nitrogens with zero attached hydrogens (tertiary/aromatic N) is 1. The summed E-state index contributed by atoms with van der Waals surface area (Å²) in [5.41, 5.74) is 6.53. The Kier molecular flexibility index (Phi) is 11.6. The molecule has 3 N–H and O–H groups in total. The molecule has 2 rings (SSSR count). The highest BCUT2D eigenvalue weighted by Gasteiger charge is 2.28. The topological polar surface area (TPSA) is 120 Å². The molecule has 0 aliphatic carbocycles. The van der Waals surface area contributed by atoms with Gasteiger partial charge >= 0.3 is 18.0 Å². The molecular weight excluding hydrogens is 450 g/mol. The number of nitrogens with two attached hydrogens (primary N) is 1. The van der Waals surface area contributed by atoms with E-state index in [4.69, 9.17) is 19.9 Å². The summed E-state index contributed by atoms with van der Waals surface area (Å²) < 4.78 is 15.5. The fraction of sp³-hybridized carbons (Fsp3) is 0.423. The lowest BCUT2D eigenvalue weighted by Crippen LogP contribution is -2.51. The van der Waals surface area contributed by atoms with E-state index >= 15 is 0 Å². The molecule has 0 heterocycles. The molecule has 0 saturated heterocycles. The number of esters is 2. The summed E-state index contributed by atoms with van der Waals surface area (Å²) >= 11 is 0. The molecule has 190 valence electrons. The number of methoxy groups -OCH3 is 2. The van der Waals surface area contributed by atoms with Crippen molar-refractivity contribution >= 4 is 18.0 Å². The maximum Gasteiger partial charge on any atom is 0.328 e. The van der Waals surface area contributed by atoms with Gasteiger partial charge in [-0.05, 0) is 36.2 Å². The number of carbonyl (C=O) groups is 3. The number of para-hydroxylation sites is 1. The highest BCUT2D eigenvalue weighted by atomic mass is 16.5. The quantitative estimate of drug-likeness (QED) is 0.418. The van der Waals surface area contributed by atoms with Crippen LogP contribution in [0.25, 0.3) is 0 Å². The molecule has 2 aromatic rings. The Hall–Kier alpha value is -3.59. The van der Waals surface area contributed by atoms with E-state index in [1.165, 1.54) is 19.1 Å². The monoisotopic (exact) mass is 485 g/mol. The third kappa shape index (κ3) is 8.94. The van der Waals surface area contributed by atoms with Crippen LogP contribution in [0.2, 0.25) is 0 Å². The number of nitrogens with one attached hydrogen (secondary N) is 1. The molecule has 0 fully saturated rings. The zero-order chi connectivity index (χ0) is 25.6. The lowest BCUT2D eigenvalue weighted by Gasteiger charge is -2.28. The van der Waals surface area contributed by atoms with E-state index in [1.807, 2.05) is 49.4 Å². The number of benzene rings is 2. The Balaban J connectivity index is 2.10. The maximum absolute atomic E-state index is 13.1. The lowest BCUT2D eigenvalue weighted by molar-refractivity contribution is -0.146. The molecule has 2 amide bonds. The van der Waals surface area contributed by atoms with Gasteiger partial charge in [-0.2, -0.15) is 0 Å². The first kappa shape index (κ1) is 27.7. The fourth-order valence-electron chi connectivity index (χ4n) is 3.43. The van der Waals surface area contributed by atoms with Gasteiger partial charge in [-0.15, -0.1) is 0 Å². The first-order chi connectivity index (χ1) is 16.9. The van der Waals surface area contributed by atoms with Crippen LogP contribution in [0, 0.1) is 5.92 Å². The molecular formula is C26H35N3O6. The molecule has 0 radical (unpaired) electrons. The van der Waals surface area contributed by atoms with Gasteiger partial charge in [0.05, 0.1) is 20.1 Å². The lowest BCUT2D eigenvalue weighted by atomic mass is 10.1. The zero-order valence-electron chi connectivity index (χ0n) is 20.6. The van der Waals surface area contributed by atoms with E-state index in [2.05, 4.69) is 5.32 Å². The van der Waals surface area contributed by atoms with Gasteiger partial charge in [-0.3, -0.25) is 4.79 Å². The number of rotatable bonds is 13. The smallest absolute Gasteiger partial charge is 0.328 e. The predicted octanol–water partition coefficient (Wildman–Crippen LogP) is 3.12. The molecule has 0 aromatic heterocycles. The predicted molar refractivity (Wildman–Crippen MR) is 132 cm³/mol. The van der Waals surface area contributed by atoms with Crippen molar-refractivity contribution in [2.24, 2.45) is 11.7 Å². The fourth-order valence-corrected chi connectivity index (χ4v) is 3.43. The molecule has 35 heavy (non-hydrogen) atoms. The SMILES string of the molecule is CCCCN(C[C@H](CN)C(=O)OC)C(=O)N[C@@H](Cc1ccc(Oc2ccccc2)cc1)C(=O)OC. The minimum atomic E-state index is -0.910. The van der Waals surface area contributed by atoms with E-state index in [9.17, 15) is 14.4 Å². The molecule has 0 spiro atoms. The molecule has 2 atom stereocenters. The summed E-state index contributed by atoms with van der Waals surface area (Å²) in [4.78, 5) is 39.0. The first-order valence-electron chi connectivity index (χ1n) is 11.6. The number of carbonyl (C=O) groups excluding carboxylic acids is 3. The number of unbranched alkanes of at least 4 members (excludes halogenated alkanes) is 1. The van der Waals surface area contributed by atoms with Crippen molar-refractivity contribution in [3.63, 3.8) is 0 Å². The largest absolute Gasteiger partial charge is 0.469 e. The summed E-state index contributed by atoms with van der Waals surface area (Å²) in [5, 5.41) is 2.75. The van der Waals surface area contributed by atoms with Gasteiger partial charge in [-0.1, -0.05) is 43.7 Å². The third-order valence-electron chi connectivity index (χ3n) is 5.45. The van der Waals surface area contributed by atoms with Gasteiger partial charge in [0.25, 0.3) is 0 Å². The number of hydrogen-bond acceptors (Lipinski definition) is 7. The Labute approximate surface area is 206 Å².